The van der Waals surface area contributed by atoms with Gasteiger partial charge >= 0.3 is 5.97 Å². The average Bonchev–Trinajstić information content (AvgIpc) is 2.37. The molecule has 8 nitrogen and oxygen atoms in total. The van der Waals surface area contributed by atoms with Crippen LogP contribution in [-0.4, -0.2) is 48.0 Å². The maximum atomic E-state index is 11.9. The van der Waals surface area contributed by atoms with Crippen LogP contribution in [0.1, 0.15) is 16.8 Å². The Morgan fingerprint density at radius 3 is 2.60 bits per heavy atom. The zero-order valence-corrected chi connectivity index (χ0v) is 11.2. The molecule has 0 aliphatic rings. The molecule has 1 heterocycles. The molecule has 0 spiro atoms. The van der Waals surface area contributed by atoms with Crippen LogP contribution in [0.25, 0.3) is 0 Å². The first kappa shape index (κ1) is 15.4. The van der Waals surface area contributed by atoms with E-state index in [-0.39, 0.29) is 5.56 Å². The second-order valence-electron chi connectivity index (χ2n) is 4.33. The number of nitrogens with one attached hydrogen (secondary N) is 1. The molecule has 108 valence electrons. The maximum Gasteiger partial charge on any atom is 0.326 e. The van der Waals surface area contributed by atoms with Crippen molar-refractivity contribution in [3.63, 3.8) is 0 Å². The molecular weight excluding hydrogens is 264 g/mol. The highest BCUT2D eigenvalue weighted by molar-refractivity contribution is 5.98. The summed E-state index contributed by atoms with van der Waals surface area (Å²) in [4.78, 5) is 39.4. The summed E-state index contributed by atoms with van der Waals surface area (Å²) in [5, 5.41) is 11.2. The third kappa shape index (κ3) is 4.23. The number of aliphatic carboxylic acids is 1. The number of rotatable bonds is 6. The van der Waals surface area contributed by atoms with Gasteiger partial charge < -0.3 is 21.1 Å². The summed E-state index contributed by atoms with van der Waals surface area (Å²) >= 11 is 0. The van der Waals surface area contributed by atoms with Crippen LogP contribution in [0.5, 0.6) is 0 Å². The summed E-state index contributed by atoms with van der Waals surface area (Å²) in [5.74, 6) is -2.18. The Labute approximate surface area is 115 Å². The Hall–Kier alpha value is -2.64. The molecule has 0 unspecified atom stereocenters. The number of carbonyl (C=O) groups is 3. The molecule has 1 rings (SSSR count). The number of primary amides is 1. The zero-order valence-electron chi connectivity index (χ0n) is 11.2. The second-order valence-corrected chi connectivity index (χ2v) is 4.33. The number of hydrogen-bond acceptors (Lipinski definition) is 5. The van der Waals surface area contributed by atoms with Gasteiger partial charge in [-0.15, -0.1) is 0 Å². The van der Waals surface area contributed by atoms with Gasteiger partial charge in [-0.25, -0.2) is 9.78 Å². The lowest BCUT2D eigenvalue weighted by Crippen LogP contribution is -2.43. The number of aromatic nitrogens is 1. The molecule has 0 bridgehead atoms. The van der Waals surface area contributed by atoms with Crippen LogP contribution in [0, 0.1) is 0 Å². The molecule has 1 atom stereocenters. The third-order valence-electron chi connectivity index (χ3n) is 2.47. The van der Waals surface area contributed by atoms with E-state index >= 15 is 0 Å². The summed E-state index contributed by atoms with van der Waals surface area (Å²) in [6.07, 6.45) is 0.973. The first-order valence-electron chi connectivity index (χ1n) is 5.76. The number of anilines is 1. The van der Waals surface area contributed by atoms with Crippen LogP contribution in [0.3, 0.4) is 0 Å². The zero-order chi connectivity index (χ0) is 15.3. The first-order chi connectivity index (χ1) is 9.31. The van der Waals surface area contributed by atoms with Crippen molar-refractivity contribution in [2.45, 2.75) is 12.5 Å². The average molecular weight is 280 g/mol. The quantitative estimate of drug-likeness (QED) is 0.626. The van der Waals surface area contributed by atoms with Crippen molar-refractivity contribution in [3.05, 3.63) is 23.9 Å². The lowest BCUT2D eigenvalue weighted by Gasteiger charge is -2.14. The Morgan fingerprint density at radius 1 is 1.45 bits per heavy atom. The monoisotopic (exact) mass is 280 g/mol. The second kappa shape index (κ2) is 6.50. The van der Waals surface area contributed by atoms with Crippen molar-refractivity contribution in [3.8, 4) is 0 Å². The molecule has 4 N–H and O–H groups in total. The van der Waals surface area contributed by atoms with Gasteiger partial charge in [-0.3, -0.25) is 9.59 Å². The highest BCUT2D eigenvalue weighted by Crippen LogP contribution is 2.09. The Morgan fingerprint density at radius 2 is 2.10 bits per heavy atom. The molecule has 1 aromatic heterocycles. The number of carbonyl (C=O) groups excluding carboxylic acids is 2. The largest absolute Gasteiger partial charge is 0.480 e. The van der Waals surface area contributed by atoms with Crippen LogP contribution in [-0.2, 0) is 9.59 Å². The smallest absolute Gasteiger partial charge is 0.326 e. The molecule has 0 saturated heterocycles. The summed E-state index contributed by atoms with van der Waals surface area (Å²) in [6, 6.07) is 1.61. The van der Waals surface area contributed by atoms with Crippen molar-refractivity contribution in [2.24, 2.45) is 5.73 Å². The minimum Gasteiger partial charge on any atom is -0.480 e. The summed E-state index contributed by atoms with van der Waals surface area (Å²) in [7, 11) is 3.52. The number of nitrogens with two attached hydrogens (primary N) is 1. The number of nitrogens with zero attached hydrogens (tertiary/aromatic N) is 2. The molecular formula is C12H16N4O4. The van der Waals surface area contributed by atoms with Crippen LogP contribution in [0.2, 0.25) is 0 Å². The van der Waals surface area contributed by atoms with E-state index < -0.39 is 30.2 Å². The van der Waals surface area contributed by atoms with Gasteiger partial charge in [-0.1, -0.05) is 0 Å². The van der Waals surface area contributed by atoms with Crippen molar-refractivity contribution in [1.82, 2.24) is 10.3 Å². The molecule has 0 aliphatic carbocycles. The number of hydrogen-bond donors (Lipinski definition) is 3. The summed E-state index contributed by atoms with van der Waals surface area (Å²) < 4.78 is 0. The topological polar surface area (TPSA) is 126 Å². The van der Waals surface area contributed by atoms with Crippen molar-refractivity contribution in [2.75, 3.05) is 19.0 Å². The fourth-order valence-corrected chi connectivity index (χ4v) is 1.45. The molecule has 0 aromatic carbocycles. The lowest BCUT2D eigenvalue weighted by atomic mass is 10.1. The van der Waals surface area contributed by atoms with Crippen molar-refractivity contribution < 1.29 is 19.5 Å². The Bertz CT molecular complexity index is 530. The lowest BCUT2D eigenvalue weighted by molar-refractivity contribution is -0.140. The molecule has 0 fully saturated rings. The standard InChI is InChI=1S/C12H16N4O4/c1-16(2)10-5-7(3-4-14-10)11(18)15-8(12(19)20)6-9(13)17/h3-5,8H,6H2,1-2H3,(H2,13,17)(H,15,18)(H,19,20)/t8-/m0/s1. The van der Waals surface area contributed by atoms with E-state index in [1.54, 1.807) is 19.0 Å². The van der Waals surface area contributed by atoms with Crippen molar-refractivity contribution >= 4 is 23.6 Å². The molecule has 8 heteroatoms. The van der Waals surface area contributed by atoms with E-state index in [2.05, 4.69) is 10.3 Å². The van der Waals surface area contributed by atoms with Gasteiger partial charge in [-0.05, 0) is 12.1 Å². The molecule has 2 amide bonds. The molecule has 0 saturated carbocycles. The number of carboxylic acids is 1. The van der Waals surface area contributed by atoms with Gasteiger partial charge in [0.25, 0.3) is 5.91 Å². The highest BCUT2D eigenvalue weighted by atomic mass is 16.4. The van der Waals surface area contributed by atoms with Crippen LogP contribution in [0.15, 0.2) is 18.3 Å². The predicted octanol–water partition coefficient (Wildman–Crippen LogP) is -0.794. The van der Waals surface area contributed by atoms with Crippen LogP contribution < -0.4 is 16.0 Å². The Balaban J connectivity index is 2.86. The van der Waals surface area contributed by atoms with E-state index in [9.17, 15) is 14.4 Å². The van der Waals surface area contributed by atoms with Gasteiger partial charge in [0.2, 0.25) is 5.91 Å². The minimum atomic E-state index is -1.35. The fourth-order valence-electron chi connectivity index (χ4n) is 1.45. The van der Waals surface area contributed by atoms with Gasteiger partial charge in [0, 0.05) is 25.9 Å². The van der Waals surface area contributed by atoms with E-state index in [0.717, 1.165) is 0 Å². The predicted molar refractivity (Wildman–Crippen MR) is 71.3 cm³/mol. The summed E-state index contributed by atoms with van der Waals surface area (Å²) in [6.45, 7) is 0. The highest BCUT2D eigenvalue weighted by Gasteiger charge is 2.22. The number of carboxylic acid groups (broad SMARTS) is 1. The fraction of sp³-hybridized carbons (Fsp3) is 0.333. The minimum absolute atomic E-state index is 0.249. The molecule has 0 aliphatic heterocycles. The van der Waals surface area contributed by atoms with Gasteiger partial charge in [0.05, 0.1) is 6.42 Å². The van der Waals surface area contributed by atoms with Gasteiger partial charge in [0.15, 0.2) is 0 Å². The van der Waals surface area contributed by atoms with Crippen molar-refractivity contribution in [1.29, 1.82) is 0 Å². The third-order valence-corrected chi connectivity index (χ3v) is 2.47. The number of amides is 2. The van der Waals surface area contributed by atoms with Crippen LogP contribution >= 0.6 is 0 Å². The van der Waals surface area contributed by atoms with E-state index in [1.165, 1.54) is 18.3 Å². The molecule has 1 aromatic rings. The molecule has 20 heavy (non-hydrogen) atoms. The van der Waals surface area contributed by atoms with E-state index in [1.807, 2.05) is 0 Å². The molecule has 0 radical (unpaired) electrons. The van der Waals surface area contributed by atoms with E-state index in [4.69, 9.17) is 10.8 Å². The maximum absolute atomic E-state index is 11.9. The normalized spacial score (nSPS) is 11.5. The first-order valence-corrected chi connectivity index (χ1v) is 5.76. The van der Waals surface area contributed by atoms with Gasteiger partial charge in [0.1, 0.15) is 11.9 Å². The number of pyridine rings is 1. The van der Waals surface area contributed by atoms with E-state index in [0.29, 0.717) is 5.82 Å². The summed E-state index contributed by atoms with van der Waals surface area (Å²) in [5.41, 5.74) is 5.19. The SMILES string of the molecule is CN(C)c1cc(C(=O)N[C@@H](CC(N)=O)C(=O)O)ccn1. The van der Waals surface area contributed by atoms with Crippen LogP contribution in [0.4, 0.5) is 5.82 Å². The Kier molecular flexibility index (Phi) is 5.01. The van der Waals surface area contributed by atoms with Gasteiger partial charge in [-0.2, -0.15) is 0 Å².